The fraction of sp³-hybridized carbons (Fsp3) is 0.381. The normalized spacial score (nSPS) is 18.5. The molecule has 2 amide bonds. The van der Waals surface area contributed by atoms with Gasteiger partial charge in [0.2, 0.25) is 5.91 Å². The zero-order valence-electron chi connectivity index (χ0n) is 29.4. The van der Waals surface area contributed by atoms with E-state index in [1.54, 1.807) is 11.0 Å². The van der Waals surface area contributed by atoms with Crippen LogP contribution < -0.4 is 10.9 Å². The summed E-state index contributed by atoms with van der Waals surface area (Å²) in [5, 5.41) is 15.7. The van der Waals surface area contributed by atoms with E-state index in [0.717, 1.165) is 46.7 Å². The molecule has 1 aliphatic heterocycles. The number of amides is 2. The minimum atomic E-state index is -0.753. The summed E-state index contributed by atoms with van der Waals surface area (Å²) >= 11 is 0. The SMILES string of the molecule is COC(=O)N[C@@H](C(=O)N1CCC[C@H]1c1nc2ccc(-c3ccc(-c4ccc(O)c5ccccc45)c4c3CC3(CCCC3)C4)cc2c(=O)[nH]1)C(C)C. The predicted octanol–water partition coefficient (Wildman–Crippen LogP) is 7.82. The van der Waals surface area contributed by atoms with Crippen molar-refractivity contribution in [1.82, 2.24) is 20.2 Å². The standard InChI is InChI=1S/C42H44N4O5/c1-24(2)37(44-41(50)51-3)40(49)46-20-8-11-35(46)38-43-34-16-12-25(21-31(34)39(48)45-38)26-13-14-29(33-23-42(22-32(26)33)18-6-7-19-42)28-15-17-36(47)30-10-5-4-9-27(28)30/h4-5,9-10,12-17,21,24,35,37,47H,6-8,11,18-20,22-23H2,1-3H3,(H,44,50)(H,43,45,48)/t35-,37+/m0/s1. The van der Waals surface area contributed by atoms with E-state index in [1.807, 2.05) is 50.2 Å². The molecule has 5 aromatic rings. The Morgan fingerprint density at radius 1 is 0.922 bits per heavy atom. The molecule has 1 saturated heterocycles. The van der Waals surface area contributed by atoms with Crippen LogP contribution in [0.1, 0.15) is 75.4 Å². The number of hydrogen-bond acceptors (Lipinski definition) is 6. The summed E-state index contributed by atoms with van der Waals surface area (Å²) in [5.41, 5.74) is 7.83. The lowest BCUT2D eigenvalue weighted by atomic mass is 9.82. The summed E-state index contributed by atoms with van der Waals surface area (Å²) in [5.74, 6) is 0.379. The number of likely N-dealkylation sites (tertiary alicyclic amines) is 1. The molecular weight excluding hydrogens is 640 g/mol. The van der Waals surface area contributed by atoms with Gasteiger partial charge in [0.1, 0.15) is 17.6 Å². The molecule has 3 aliphatic rings. The van der Waals surface area contributed by atoms with Gasteiger partial charge in [-0.05, 0) is 107 Å². The van der Waals surface area contributed by atoms with Gasteiger partial charge in [-0.2, -0.15) is 0 Å². The summed E-state index contributed by atoms with van der Waals surface area (Å²) in [4.78, 5) is 49.1. The molecule has 262 valence electrons. The molecule has 8 rings (SSSR count). The van der Waals surface area contributed by atoms with Gasteiger partial charge in [0.15, 0.2) is 0 Å². The molecule has 3 N–H and O–H groups in total. The minimum Gasteiger partial charge on any atom is -0.507 e. The first-order valence-electron chi connectivity index (χ1n) is 18.2. The molecule has 1 saturated carbocycles. The lowest BCUT2D eigenvalue weighted by molar-refractivity contribution is -0.135. The molecule has 0 radical (unpaired) electrons. The highest BCUT2D eigenvalue weighted by molar-refractivity contribution is 6.01. The van der Waals surface area contributed by atoms with Crippen LogP contribution in [0.15, 0.2) is 71.5 Å². The number of carbonyl (C=O) groups excluding carboxylic acids is 2. The van der Waals surface area contributed by atoms with Crippen molar-refractivity contribution in [1.29, 1.82) is 0 Å². The van der Waals surface area contributed by atoms with Crippen LogP contribution in [0.4, 0.5) is 4.79 Å². The van der Waals surface area contributed by atoms with E-state index >= 15 is 0 Å². The molecule has 1 spiro atoms. The van der Waals surface area contributed by atoms with Crippen molar-refractivity contribution < 1.29 is 19.4 Å². The first kappa shape index (κ1) is 33.0. The van der Waals surface area contributed by atoms with Gasteiger partial charge in [-0.25, -0.2) is 9.78 Å². The van der Waals surface area contributed by atoms with Crippen molar-refractivity contribution in [2.24, 2.45) is 11.3 Å². The number of H-pyrrole nitrogens is 1. The number of ether oxygens (including phenoxy) is 1. The fourth-order valence-corrected chi connectivity index (χ4v) is 9.10. The van der Waals surface area contributed by atoms with Gasteiger partial charge < -0.3 is 25.0 Å². The Morgan fingerprint density at radius 2 is 1.63 bits per heavy atom. The fourth-order valence-electron chi connectivity index (χ4n) is 9.10. The summed E-state index contributed by atoms with van der Waals surface area (Å²) in [6.45, 7) is 4.27. The number of phenols is 1. The number of nitrogens with one attached hydrogen (secondary N) is 2. The van der Waals surface area contributed by atoms with Crippen LogP contribution in [-0.4, -0.2) is 51.7 Å². The smallest absolute Gasteiger partial charge is 0.407 e. The number of methoxy groups -OCH3 is 1. The third-order valence-corrected chi connectivity index (χ3v) is 11.7. The second-order valence-corrected chi connectivity index (χ2v) is 15.1. The molecule has 2 heterocycles. The van der Waals surface area contributed by atoms with Crippen molar-refractivity contribution in [2.45, 2.75) is 77.3 Å². The Kier molecular flexibility index (Phi) is 8.32. The number of aromatic nitrogens is 2. The van der Waals surface area contributed by atoms with Gasteiger partial charge >= 0.3 is 6.09 Å². The molecule has 1 aromatic heterocycles. The zero-order chi connectivity index (χ0) is 35.4. The zero-order valence-corrected chi connectivity index (χ0v) is 29.4. The predicted molar refractivity (Wildman–Crippen MR) is 199 cm³/mol. The summed E-state index contributed by atoms with van der Waals surface area (Å²) in [6.07, 6.45) is 7.77. The van der Waals surface area contributed by atoms with Gasteiger partial charge in [-0.15, -0.1) is 0 Å². The molecule has 2 fully saturated rings. The van der Waals surface area contributed by atoms with Gasteiger partial charge in [-0.3, -0.25) is 9.59 Å². The number of hydrogen-bond donors (Lipinski definition) is 3. The van der Waals surface area contributed by atoms with Crippen LogP contribution in [-0.2, 0) is 22.4 Å². The maximum absolute atomic E-state index is 13.8. The Bertz CT molecular complexity index is 2250. The number of rotatable bonds is 6. The topological polar surface area (TPSA) is 125 Å². The van der Waals surface area contributed by atoms with Crippen LogP contribution in [0.5, 0.6) is 5.75 Å². The molecule has 4 aromatic carbocycles. The Hall–Kier alpha value is -5.18. The summed E-state index contributed by atoms with van der Waals surface area (Å²) in [7, 11) is 1.28. The second kappa shape index (κ2) is 12.9. The van der Waals surface area contributed by atoms with E-state index in [1.165, 1.54) is 49.5 Å². The van der Waals surface area contributed by atoms with Gasteiger partial charge in [0.05, 0.1) is 24.1 Å². The number of phenolic OH excluding ortho intramolecular Hbond substituents is 1. The Morgan fingerprint density at radius 3 is 2.37 bits per heavy atom. The highest BCUT2D eigenvalue weighted by atomic mass is 16.5. The van der Waals surface area contributed by atoms with Crippen LogP contribution in [0.25, 0.3) is 43.9 Å². The number of aromatic hydroxyl groups is 1. The van der Waals surface area contributed by atoms with Crippen molar-refractivity contribution in [2.75, 3.05) is 13.7 Å². The summed E-state index contributed by atoms with van der Waals surface area (Å²) in [6, 6.07) is 21.1. The minimum absolute atomic E-state index is 0.153. The molecule has 9 nitrogen and oxygen atoms in total. The number of nitrogens with zero attached hydrogens (tertiary/aromatic N) is 2. The van der Waals surface area contributed by atoms with Crippen LogP contribution in [0, 0.1) is 11.3 Å². The van der Waals surface area contributed by atoms with Crippen molar-refractivity contribution in [3.8, 4) is 28.0 Å². The highest BCUT2D eigenvalue weighted by Gasteiger charge is 2.42. The Labute approximate surface area is 297 Å². The number of alkyl carbamates (subject to hydrolysis) is 1. The molecule has 2 atom stereocenters. The number of carbonyl (C=O) groups is 2. The van der Waals surface area contributed by atoms with Crippen molar-refractivity contribution >= 4 is 33.7 Å². The largest absolute Gasteiger partial charge is 0.507 e. The van der Waals surface area contributed by atoms with Crippen LogP contribution in [0.2, 0.25) is 0 Å². The molecule has 0 bridgehead atoms. The molecular formula is C42H44N4O5. The molecule has 2 aliphatic carbocycles. The monoisotopic (exact) mass is 684 g/mol. The number of benzene rings is 4. The maximum atomic E-state index is 13.8. The third-order valence-electron chi connectivity index (χ3n) is 11.7. The van der Waals surface area contributed by atoms with E-state index in [4.69, 9.17) is 9.72 Å². The average molecular weight is 685 g/mol. The number of aromatic amines is 1. The summed E-state index contributed by atoms with van der Waals surface area (Å²) < 4.78 is 4.77. The first-order valence-corrected chi connectivity index (χ1v) is 18.2. The molecule has 0 unspecified atom stereocenters. The lowest BCUT2D eigenvalue weighted by Gasteiger charge is -2.30. The maximum Gasteiger partial charge on any atom is 0.407 e. The van der Waals surface area contributed by atoms with E-state index in [2.05, 4.69) is 34.6 Å². The van der Waals surface area contributed by atoms with Crippen molar-refractivity contribution in [3.05, 3.63) is 94.0 Å². The highest BCUT2D eigenvalue weighted by Crippen LogP contribution is 2.53. The van der Waals surface area contributed by atoms with E-state index in [0.29, 0.717) is 29.7 Å². The second-order valence-electron chi connectivity index (χ2n) is 15.1. The third kappa shape index (κ3) is 5.72. The average Bonchev–Trinajstić information content (AvgIpc) is 3.90. The lowest BCUT2D eigenvalue weighted by Crippen LogP contribution is -2.51. The van der Waals surface area contributed by atoms with Gasteiger partial charge in [-0.1, -0.05) is 75.2 Å². The molecule has 51 heavy (non-hydrogen) atoms. The van der Waals surface area contributed by atoms with Crippen molar-refractivity contribution in [3.63, 3.8) is 0 Å². The van der Waals surface area contributed by atoms with Crippen LogP contribution >= 0.6 is 0 Å². The van der Waals surface area contributed by atoms with E-state index < -0.39 is 18.2 Å². The van der Waals surface area contributed by atoms with E-state index in [9.17, 15) is 19.5 Å². The Balaban J connectivity index is 1.17. The van der Waals surface area contributed by atoms with Crippen LogP contribution in [0.3, 0.4) is 0 Å². The first-order chi connectivity index (χ1) is 24.7. The van der Waals surface area contributed by atoms with E-state index in [-0.39, 0.29) is 28.5 Å². The van der Waals surface area contributed by atoms with Gasteiger partial charge in [0.25, 0.3) is 5.56 Å². The number of fused-ring (bicyclic) bond motifs is 3. The molecule has 9 heteroatoms. The quantitative estimate of drug-likeness (QED) is 0.168. The van der Waals surface area contributed by atoms with Gasteiger partial charge in [0, 0.05) is 11.9 Å².